The summed E-state index contributed by atoms with van der Waals surface area (Å²) < 4.78 is 0. The van der Waals surface area contributed by atoms with Crippen LogP contribution >= 0.6 is 0 Å². The Hall–Kier alpha value is -1.10. The standard InChI is InChI=1S/C8H16N2O3/c1-6(2)5-10-8(13)7(12)9-3-4-11/h6,11H,3-5H2,1-2H3,(H,9,12)(H,10,13). The lowest BCUT2D eigenvalue weighted by Gasteiger charge is -2.06. The summed E-state index contributed by atoms with van der Waals surface area (Å²) in [6.07, 6.45) is 0. The molecule has 0 bridgehead atoms. The van der Waals surface area contributed by atoms with Crippen LogP contribution in [0.3, 0.4) is 0 Å². The van der Waals surface area contributed by atoms with Crippen LogP contribution in [0.1, 0.15) is 13.8 Å². The fourth-order valence-corrected chi connectivity index (χ4v) is 0.627. The van der Waals surface area contributed by atoms with Gasteiger partial charge in [0.1, 0.15) is 0 Å². The first kappa shape index (κ1) is 11.9. The minimum atomic E-state index is -0.699. The fourth-order valence-electron chi connectivity index (χ4n) is 0.627. The lowest BCUT2D eigenvalue weighted by atomic mass is 10.2. The van der Waals surface area contributed by atoms with E-state index in [0.717, 1.165) is 0 Å². The van der Waals surface area contributed by atoms with E-state index in [4.69, 9.17) is 5.11 Å². The Morgan fingerprint density at radius 2 is 1.77 bits per heavy atom. The third-order valence-corrected chi connectivity index (χ3v) is 1.27. The maximum atomic E-state index is 10.9. The van der Waals surface area contributed by atoms with Crippen LogP contribution in [0.4, 0.5) is 0 Å². The van der Waals surface area contributed by atoms with Crippen molar-refractivity contribution in [3.8, 4) is 0 Å². The maximum Gasteiger partial charge on any atom is 0.309 e. The van der Waals surface area contributed by atoms with E-state index in [1.807, 2.05) is 13.8 Å². The molecule has 2 amide bonds. The Balaban J connectivity index is 3.64. The Bertz CT molecular complexity index is 180. The van der Waals surface area contributed by atoms with Crippen LogP contribution in [0.15, 0.2) is 0 Å². The second-order valence-electron chi connectivity index (χ2n) is 3.08. The first-order valence-electron chi connectivity index (χ1n) is 4.24. The summed E-state index contributed by atoms with van der Waals surface area (Å²) in [7, 11) is 0. The zero-order chi connectivity index (χ0) is 10.3. The molecule has 0 aliphatic heterocycles. The van der Waals surface area contributed by atoms with E-state index >= 15 is 0 Å². The highest BCUT2D eigenvalue weighted by Gasteiger charge is 2.11. The van der Waals surface area contributed by atoms with Crippen LogP contribution in [0.5, 0.6) is 0 Å². The number of amides is 2. The van der Waals surface area contributed by atoms with E-state index < -0.39 is 11.8 Å². The van der Waals surface area contributed by atoms with Crippen molar-refractivity contribution in [2.24, 2.45) is 5.92 Å². The average Bonchev–Trinajstić information content (AvgIpc) is 2.10. The molecule has 76 valence electrons. The van der Waals surface area contributed by atoms with Crippen LogP contribution in [0, 0.1) is 5.92 Å². The molecule has 0 rings (SSSR count). The quantitative estimate of drug-likeness (QED) is 0.488. The molecule has 0 radical (unpaired) electrons. The summed E-state index contributed by atoms with van der Waals surface area (Å²) in [5.41, 5.74) is 0. The molecule has 0 fully saturated rings. The summed E-state index contributed by atoms with van der Waals surface area (Å²) in [6, 6.07) is 0. The number of carbonyl (C=O) groups is 2. The maximum absolute atomic E-state index is 10.9. The Labute approximate surface area is 77.5 Å². The largest absolute Gasteiger partial charge is 0.395 e. The average molecular weight is 188 g/mol. The summed E-state index contributed by atoms with van der Waals surface area (Å²) in [4.78, 5) is 21.8. The van der Waals surface area contributed by atoms with Crippen molar-refractivity contribution in [1.29, 1.82) is 0 Å². The normalized spacial score (nSPS) is 9.85. The Morgan fingerprint density at radius 1 is 1.23 bits per heavy atom. The van der Waals surface area contributed by atoms with Gasteiger partial charge in [0.25, 0.3) is 0 Å². The fraction of sp³-hybridized carbons (Fsp3) is 0.750. The van der Waals surface area contributed by atoms with E-state index in [1.165, 1.54) is 0 Å². The zero-order valence-corrected chi connectivity index (χ0v) is 7.96. The topological polar surface area (TPSA) is 78.4 Å². The van der Waals surface area contributed by atoms with Gasteiger partial charge in [0.05, 0.1) is 6.61 Å². The van der Waals surface area contributed by atoms with Crippen molar-refractivity contribution >= 4 is 11.8 Å². The highest BCUT2D eigenvalue weighted by Crippen LogP contribution is 1.86. The van der Waals surface area contributed by atoms with Gasteiger partial charge in [0.15, 0.2) is 0 Å². The molecule has 5 nitrogen and oxygen atoms in total. The molecule has 5 heteroatoms. The molecule has 0 heterocycles. The number of carbonyl (C=O) groups excluding carboxylic acids is 2. The minimum absolute atomic E-state index is 0.105. The van der Waals surface area contributed by atoms with Gasteiger partial charge in [0.2, 0.25) is 0 Å². The highest BCUT2D eigenvalue weighted by molar-refractivity contribution is 6.35. The van der Waals surface area contributed by atoms with E-state index in [9.17, 15) is 9.59 Å². The number of hydrogen-bond donors (Lipinski definition) is 3. The number of aliphatic hydroxyl groups is 1. The second-order valence-corrected chi connectivity index (χ2v) is 3.08. The summed E-state index contributed by atoms with van der Waals surface area (Å²) in [5, 5.41) is 13.1. The van der Waals surface area contributed by atoms with Crippen molar-refractivity contribution in [1.82, 2.24) is 10.6 Å². The third-order valence-electron chi connectivity index (χ3n) is 1.27. The molecule has 0 saturated carbocycles. The predicted octanol–water partition coefficient (Wildman–Crippen LogP) is -1.13. The number of rotatable bonds is 4. The van der Waals surface area contributed by atoms with Gasteiger partial charge in [-0.15, -0.1) is 0 Å². The smallest absolute Gasteiger partial charge is 0.309 e. The molecule has 0 unspecified atom stereocenters. The molecule has 0 aliphatic rings. The SMILES string of the molecule is CC(C)CNC(=O)C(=O)NCCO. The van der Waals surface area contributed by atoms with E-state index in [-0.39, 0.29) is 13.2 Å². The zero-order valence-electron chi connectivity index (χ0n) is 7.96. The molecular formula is C8H16N2O3. The van der Waals surface area contributed by atoms with Crippen molar-refractivity contribution in [3.63, 3.8) is 0 Å². The van der Waals surface area contributed by atoms with Gasteiger partial charge in [-0.2, -0.15) is 0 Å². The van der Waals surface area contributed by atoms with Crippen LogP contribution in [0.2, 0.25) is 0 Å². The number of nitrogens with one attached hydrogen (secondary N) is 2. The third kappa shape index (κ3) is 6.10. The molecule has 13 heavy (non-hydrogen) atoms. The van der Waals surface area contributed by atoms with Crippen LogP contribution < -0.4 is 10.6 Å². The molecule has 0 aliphatic carbocycles. The molecular weight excluding hydrogens is 172 g/mol. The summed E-state index contributed by atoms with van der Waals surface area (Å²) in [6.45, 7) is 4.29. The van der Waals surface area contributed by atoms with E-state index in [0.29, 0.717) is 12.5 Å². The van der Waals surface area contributed by atoms with Crippen molar-refractivity contribution in [3.05, 3.63) is 0 Å². The van der Waals surface area contributed by atoms with Gasteiger partial charge in [-0.3, -0.25) is 9.59 Å². The lowest BCUT2D eigenvalue weighted by molar-refractivity contribution is -0.139. The van der Waals surface area contributed by atoms with Crippen LogP contribution in [-0.2, 0) is 9.59 Å². The van der Waals surface area contributed by atoms with E-state index in [1.54, 1.807) is 0 Å². The van der Waals surface area contributed by atoms with Crippen molar-refractivity contribution in [2.75, 3.05) is 19.7 Å². The summed E-state index contributed by atoms with van der Waals surface area (Å²) in [5.74, 6) is -1.04. The Morgan fingerprint density at radius 3 is 2.23 bits per heavy atom. The molecule has 0 atom stereocenters. The molecule has 3 N–H and O–H groups in total. The Kier molecular flexibility index (Phi) is 5.88. The molecule has 0 spiro atoms. The number of hydrogen-bond acceptors (Lipinski definition) is 3. The van der Waals surface area contributed by atoms with Gasteiger partial charge < -0.3 is 15.7 Å². The summed E-state index contributed by atoms with van der Waals surface area (Å²) >= 11 is 0. The molecule has 0 saturated heterocycles. The molecule has 0 aromatic carbocycles. The van der Waals surface area contributed by atoms with Gasteiger partial charge in [-0.1, -0.05) is 13.8 Å². The van der Waals surface area contributed by atoms with E-state index in [2.05, 4.69) is 10.6 Å². The van der Waals surface area contributed by atoms with Gasteiger partial charge >= 0.3 is 11.8 Å². The second kappa shape index (κ2) is 6.42. The first-order valence-corrected chi connectivity index (χ1v) is 4.24. The monoisotopic (exact) mass is 188 g/mol. The molecule has 0 aromatic heterocycles. The van der Waals surface area contributed by atoms with Crippen molar-refractivity contribution in [2.45, 2.75) is 13.8 Å². The number of aliphatic hydroxyl groups excluding tert-OH is 1. The first-order chi connectivity index (χ1) is 6.07. The van der Waals surface area contributed by atoms with Gasteiger partial charge in [-0.05, 0) is 5.92 Å². The van der Waals surface area contributed by atoms with Crippen molar-refractivity contribution < 1.29 is 14.7 Å². The molecule has 0 aromatic rings. The van der Waals surface area contributed by atoms with Crippen LogP contribution in [-0.4, -0.2) is 36.6 Å². The predicted molar refractivity (Wildman–Crippen MR) is 47.9 cm³/mol. The van der Waals surface area contributed by atoms with Gasteiger partial charge in [-0.25, -0.2) is 0 Å². The van der Waals surface area contributed by atoms with Gasteiger partial charge in [0, 0.05) is 13.1 Å². The minimum Gasteiger partial charge on any atom is -0.395 e. The highest BCUT2D eigenvalue weighted by atomic mass is 16.3. The lowest BCUT2D eigenvalue weighted by Crippen LogP contribution is -2.42. The van der Waals surface area contributed by atoms with Crippen LogP contribution in [0.25, 0.3) is 0 Å².